The van der Waals surface area contributed by atoms with Crippen molar-refractivity contribution in [1.29, 1.82) is 0 Å². The smallest absolute Gasteiger partial charge is 0.0613 e. The van der Waals surface area contributed by atoms with Crippen LogP contribution in [0.2, 0.25) is 0 Å². The van der Waals surface area contributed by atoms with Crippen LogP contribution in [0.15, 0.2) is 91.1 Å². The number of aromatic nitrogens is 1. The van der Waals surface area contributed by atoms with Crippen LogP contribution >= 0.6 is 11.3 Å². The van der Waals surface area contributed by atoms with Gasteiger partial charge in [-0.3, -0.25) is 0 Å². The summed E-state index contributed by atoms with van der Waals surface area (Å²) in [4.78, 5) is 0. The monoisotopic (exact) mass is 373 g/mol. The zero-order valence-electron chi connectivity index (χ0n) is 15.0. The zero-order valence-corrected chi connectivity index (χ0v) is 15.8. The van der Waals surface area contributed by atoms with E-state index in [1.165, 1.54) is 58.1 Å². The number of thiophene rings is 1. The molecule has 2 heteroatoms. The van der Waals surface area contributed by atoms with Gasteiger partial charge in [-0.1, -0.05) is 60.7 Å². The molecule has 0 aliphatic rings. The maximum Gasteiger partial charge on any atom is 0.0613 e. The van der Waals surface area contributed by atoms with E-state index in [1.807, 2.05) is 11.3 Å². The molecule has 0 radical (unpaired) electrons. The first-order valence-corrected chi connectivity index (χ1v) is 10.4. The first-order valence-electron chi connectivity index (χ1n) is 9.54. The van der Waals surface area contributed by atoms with E-state index in [-0.39, 0.29) is 0 Å². The van der Waals surface area contributed by atoms with Crippen LogP contribution in [0.3, 0.4) is 0 Å². The fraction of sp³-hybridized carbons (Fsp3) is 0. The van der Waals surface area contributed by atoms with Crippen molar-refractivity contribution in [3.63, 3.8) is 0 Å². The van der Waals surface area contributed by atoms with Gasteiger partial charge in [0.25, 0.3) is 0 Å². The second-order valence-corrected chi connectivity index (χ2v) is 8.53. The molecule has 0 aliphatic carbocycles. The number of hydrogen-bond donors (Lipinski definition) is 0. The van der Waals surface area contributed by atoms with E-state index in [0.29, 0.717) is 0 Å². The fourth-order valence-electron chi connectivity index (χ4n) is 4.73. The molecule has 3 aromatic heterocycles. The van der Waals surface area contributed by atoms with Crippen molar-refractivity contribution in [1.82, 2.24) is 4.40 Å². The van der Waals surface area contributed by atoms with E-state index in [4.69, 9.17) is 0 Å². The molecule has 0 N–H and O–H groups in total. The molecule has 0 unspecified atom stereocenters. The quantitative estimate of drug-likeness (QED) is 0.239. The minimum absolute atomic E-state index is 1.27. The number of pyridine rings is 1. The summed E-state index contributed by atoms with van der Waals surface area (Å²) >= 11 is 1.89. The highest BCUT2D eigenvalue weighted by atomic mass is 32.1. The van der Waals surface area contributed by atoms with Gasteiger partial charge in [-0.25, -0.2) is 0 Å². The lowest BCUT2D eigenvalue weighted by Crippen LogP contribution is -1.89. The molecule has 130 valence electrons. The minimum atomic E-state index is 1.27. The van der Waals surface area contributed by atoms with Gasteiger partial charge in [0.05, 0.1) is 11.0 Å². The summed E-state index contributed by atoms with van der Waals surface area (Å²) in [6.07, 6.45) is 2.28. The molecule has 0 bridgehead atoms. The van der Waals surface area contributed by atoms with Crippen LogP contribution in [0.1, 0.15) is 0 Å². The van der Waals surface area contributed by atoms with Gasteiger partial charge >= 0.3 is 0 Å². The average molecular weight is 373 g/mol. The standard InChI is InChI=1S/C26H15NS/c1-2-8-17-16(7-1)15-27-23-11-5-3-9-18(23)20-14-25-21(13-22(20)26(17)27)19-10-4-6-12-24(19)28-25/h1-15H. The molecular formula is C26H15NS. The number of benzene rings is 4. The Morgan fingerprint density at radius 1 is 0.536 bits per heavy atom. The lowest BCUT2D eigenvalue weighted by Gasteiger charge is -2.10. The van der Waals surface area contributed by atoms with Gasteiger partial charge in [0, 0.05) is 47.9 Å². The van der Waals surface area contributed by atoms with Crippen LogP contribution in [0, 0.1) is 0 Å². The molecule has 0 spiro atoms. The zero-order chi connectivity index (χ0) is 18.2. The largest absolute Gasteiger partial charge is 0.315 e. The summed E-state index contributed by atoms with van der Waals surface area (Å²) in [5.41, 5.74) is 2.57. The molecular weight excluding hydrogens is 358 g/mol. The summed E-state index contributed by atoms with van der Waals surface area (Å²) in [6.45, 7) is 0. The van der Waals surface area contributed by atoms with Crippen molar-refractivity contribution >= 4 is 69.5 Å². The maximum atomic E-state index is 2.41. The molecule has 0 amide bonds. The van der Waals surface area contributed by atoms with Crippen molar-refractivity contribution < 1.29 is 0 Å². The van der Waals surface area contributed by atoms with Crippen molar-refractivity contribution in [3.05, 3.63) is 91.1 Å². The van der Waals surface area contributed by atoms with Crippen LogP contribution in [0.4, 0.5) is 0 Å². The Hall–Kier alpha value is -3.36. The van der Waals surface area contributed by atoms with E-state index in [0.717, 1.165) is 0 Å². The molecule has 0 saturated heterocycles. The molecule has 0 atom stereocenters. The van der Waals surface area contributed by atoms with Gasteiger partial charge in [0.1, 0.15) is 0 Å². The summed E-state index contributed by atoms with van der Waals surface area (Å²) < 4.78 is 5.09. The molecule has 0 fully saturated rings. The molecule has 0 aliphatic heterocycles. The SMILES string of the molecule is c1ccc2c(c1)cn1c3ccccc3c3cc4sc5ccccc5c4cc3c21. The van der Waals surface area contributed by atoms with Gasteiger partial charge in [0.2, 0.25) is 0 Å². The van der Waals surface area contributed by atoms with Gasteiger partial charge in [-0.05, 0) is 29.7 Å². The predicted octanol–water partition coefficient (Wildman–Crippen LogP) is 7.77. The van der Waals surface area contributed by atoms with Crippen molar-refractivity contribution in [3.8, 4) is 0 Å². The maximum absolute atomic E-state index is 2.41. The fourth-order valence-corrected chi connectivity index (χ4v) is 5.85. The van der Waals surface area contributed by atoms with Crippen LogP contribution in [0.25, 0.3) is 58.1 Å². The third-order valence-electron chi connectivity index (χ3n) is 5.95. The third kappa shape index (κ3) is 1.76. The molecule has 4 aromatic carbocycles. The van der Waals surface area contributed by atoms with Crippen molar-refractivity contribution in [2.45, 2.75) is 0 Å². The van der Waals surface area contributed by atoms with Crippen LogP contribution in [-0.2, 0) is 0 Å². The topological polar surface area (TPSA) is 4.41 Å². The van der Waals surface area contributed by atoms with E-state index in [9.17, 15) is 0 Å². The number of hydrogen-bond acceptors (Lipinski definition) is 1. The van der Waals surface area contributed by atoms with E-state index >= 15 is 0 Å². The number of nitrogens with zero attached hydrogens (tertiary/aromatic N) is 1. The number of fused-ring (bicyclic) bond motifs is 11. The summed E-state index contributed by atoms with van der Waals surface area (Å²) in [7, 11) is 0. The second kappa shape index (κ2) is 5.12. The van der Waals surface area contributed by atoms with Gasteiger partial charge in [0.15, 0.2) is 0 Å². The Bertz CT molecular complexity index is 1720. The second-order valence-electron chi connectivity index (χ2n) is 7.44. The van der Waals surface area contributed by atoms with Crippen LogP contribution < -0.4 is 0 Å². The number of rotatable bonds is 0. The third-order valence-corrected chi connectivity index (χ3v) is 7.08. The normalized spacial score (nSPS) is 12.3. The Labute approximate surface area is 165 Å². The highest BCUT2D eigenvalue weighted by molar-refractivity contribution is 7.25. The Balaban J connectivity index is 1.85. The van der Waals surface area contributed by atoms with E-state index in [2.05, 4.69) is 95.5 Å². The lowest BCUT2D eigenvalue weighted by molar-refractivity contribution is 1.29. The predicted molar refractivity (Wildman–Crippen MR) is 123 cm³/mol. The number of para-hydroxylation sites is 1. The van der Waals surface area contributed by atoms with Crippen LogP contribution in [-0.4, -0.2) is 4.40 Å². The van der Waals surface area contributed by atoms with E-state index < -0.39 is 0 Å². The Morgan fingerprint density at radius 3 is 2.21 bits per heavy atom. The summed E-state index contributed by atoms with van der Waals surface area (Å²) in [6, 6.07) is 31.0. The van der Waals surface area contributed by atoms with Gasteiger partial charge < -0.3 is 4.40 Å². The van der Waals surface area contributed by atoms with Crippen LogP contribution in [0.5, 0.6) is 0 Å². The molecule has 28 heavy (non-hydrogen) atoms. The highest BCUT2D eigenvalue weighted by Crippen LogP contribution is 2.41. The van der Waals surface area contributed by atoms with Gasteiger partial charge in [-0.2, -0.15) is 0 Å². The Kier molecular flexibility index (Phi) is 2.68. The van der Waals surface area contributed by atoms with E-state index in [1.54, 1.807) is 0 Å². The molecule has 7 rings (SSSR count). The first-order chi connectivity index (χ1) is 13.9. The van der Waals surface area contributed by atoms with Crippen molar-refractivity contribution in [2.24, 2.45) is 0 Å². The Morgan fingerprint density at radius 2 is 1.29 bits per heavy atom. The first kappa shape index (κ1) is 14.7. The van der Waals surface area contributed by atoms with Crippen molar-refractivity contribution in [2.75, 3.05) is 0 Å². The van der Waals surface area contributed by atoms with Gasteiger partial charge in [-0.15, -0.1) is 11.3 Å². The molecule has 1 nitrogen and oxygen atoms in total. The minimum Gasteiger partial charge on any atom is -0.315 e. The lowest BCUT2D eigenvalue weighted by atomic mass is 10.0. The molecule has 3 heterocycles. The summed E-state index contributed by atoms with van der Waals surface area (Å²) in [5.74, 6) is 0. The average Bonchev–Trinajstić information content (AvgIpc) is 3.31. The summed E-state index contributed by atoms with van der Waals surface area (Å²) in [5, 5.41) is 9.29. The molecule has 0 saturated carbocycles. The molecule has 7 aromatic rings. The highest BCUT2D eigenvalue weighted by Gasteiger charge is 2.14.